The van der Waals surface area contributed by atoms with Crippen LogP contribution in [0.4, 0.5) is 10.8 Å². The van der Waals surface area contributed by atoms with Gasteiger partial charge in [-0.05, 0) is 17.7 Å². The molecule has 0 amide bonds. The number of aromatic nitrogens is 2. The molecular weight excluding hydrogens is 318 g/mol. The largest absolute Gasteiger partial charge is 0.378 e. The van der Waals surface area contributed by atoms with E-state index in [2.05, 4.69) is 44.7 Å². The van der Waals surface area contributed by atoms with Gasteiger partial charge in [0.25, 0.3) is 0 Å². The molecule has 22 heavy (non-hydrogen) atoms. The second-order valence-corrected chi connectivity index (χ2v) is 7.53. The Hall–Kier alpha value is -1.35. The first-order valence-corrected chi connectivity index (χ1v) is 8.80. The SMILES string of the molecule is CN(C)c1ccc([C@@H]2NC[C@@H](CSc3nnc(N)s3)O2)cc1. The molecule has 3 N–H and O–H groups in total. The van der Waals surface area contributed by atoms with Gasteiger partial charge in [-0.2, -0.15) is 0 Å². The van der Waals surface area contributed by atoms with Crippen molar-refractivity contribution >= 4 is 33.9 Å². The molecule has 3 rings (SSSR count). The van der Waals surface area contributed by atoms with Crippen LogP contribution in [0.3, 0.4) is 0 Å². The molecule has 0 aliphatic carbocycles. The van der Waals surface area contributed by atoms with Crippen LogP contribution in [0.2, 0.25) is 0 Å². The summed E-state index contributed by atoms with van der Waals surface area (Å²) in [6, 6.07) is 8.42. The standard InChI is InChI=1S/C14H19N5OS2/c1-19(2)10-5-3-9(4-6-10)12-16-7-11(20-12)8-21-14-18-17-13(15)22-14/h3-6,11-12,16H,7-8H2,1-2H3,(H2,15,17)/t11-,12+/m0/s1. The van der Waals surface area contributed by atoms with Crippen LogP contribution in [0, 0.1) is 0 Å². The lowest BCUT2D eigenvalue weighted by atomic mass is 10.2. The molecule has 1 fully saturated rings. The third-order valence-corrected chi connectivity index (χ3v) is 5.40. The van der Waals surface area contributed by atoms with E-state index in [-0.39, 0.29) is 12.3 Å². The second-order valence-electron chi connectivity index (χ2n) is 5.25. The van der Waals surface area contributed by atoms with Gasteiger partial charge in [0.1, 0.15) is 6.23 Å². The Morgan fingerprint density at radius 1 is 1.36 bits per heavy atom. The summed E-state index contributed by atoms with van der Waals surface area (Å²) in [6.45, 7) is 0.835. The fourth-order valence-corrected chi connectivity index (χ4v) is 3.87. The lowest BCUT2D eigenvalue weighted by Crippen LogP contribution is -2.16. The highest BCUT2D eigenvalue weighted by atomic mass is 32.2. The Balaban J connectivity index is 1.53. The Labute approximate surface area is 138 Å². The van der Waals surface area contributed by atoms with Crippen LogP contribution in [-0.4, -0.2) is 42.7 Å². The van der Waals surface area contributed by atoms with Gasteiger partial charge in [0, 0.05) is 32.1 Å². The molecule has 2 atom stereocenters. The number of anilines is 2. The number of nitrogen functional groups attached to an aromatic ring is 1. The van der Waals surface area contributed by atoms with Crippen LogP contribution in [-0.2, 0) is 4.74 Å². The zero-order chi connectivity index (χ0) is 15.5. The predicted molar refractivity (Wildman–Crippen MR) is 91.4 cm³/mol. The number of thioether (sulfide) groups is 1. The molecule has 2 heterocycles. The van der Waals surface area contributed by atoms with Crippen molar-refractivity contribution in [3.8, 4) is 0 Å². The van der Waals surface area contributed by atoms with E-state index >= 15 is 0 Å². The Morgan fingerprint density at radius 2 is 2.14 bits per heavy atom. The van der Waals surface area contributed by atoms with Crippen molar-refractivity contribution in [1.82, 2.24) is 15.5 Å². The fourth-order valence-electron chi connectivity index (χ4n) is 2.21. The van der Waals surface area contributed by atoms with Gasteiger partial charge in [0.05, 0.1) is 6.10 Å². The van der Waals surface area contributed by atoms with Crippen LogP contribution >= 0.6 is 23.1 Å². The molecule has 2 aromatic rings. The molecule has 0 spiro atoms. The summed E-state index contributed by atoms with van der Waals surface area (Å²) >= 11 is 3.05. The average Bonchev–Trinajstić information content (AvgIpc) is 3.14. The number of hydrogen-bond donors (Lipinski definition) is 2. The Kier molecular flexibility index (Phi) is 4.82. The van der Waals surface area contributed by atoms with Gasteiger partial charge in [-0.1, -0.05) is 35.2 Å². The lowest BCUT2D eigenvalue weighted by molar-refractivity contribution is 0.0535. The molecule has 8 heteroatoms. The number of ether oxygens (including phenoxy) is 1. The zero-order valence-corrected chi connectivity index (χ0v) is 14.2. The van der Waals surface area contributed by atoms with Crippen LogP contribution in [0.5, 0.6) is 0 Å². The number of hydrogen-bond acceptors (Lipinski definition) is 8. The van der Waals surface area contributed by atoms with E-state index in [0.717, 1.165) is 22.2 Å². The van der Waals surface area contributed by atoms with Gasteiger partial charge in [0.2, 0.25) is 5.13 Å². The van der Waals surface area contributed by atoms with Gasteiger partial charge in [-0.15, -0.1) is 10.2 Å². The van der Waals surface area contributed by atoms with E-state index in [1.807, 2.05) is 14.1 Å². The smallest absolute Gasteiger partial charge is 0.203 e. The molecule has 0 unspecified atom stereocenters. The van der Waals surface area contributed by atoms with Crippen molar-refractivity contribution < 1.29 is 4.74 Å². The predicted octanol–water partition coefficient (Wildman–Crippen LogP) is 1.97. The summed E-state index contributed by atoms with van der Waals surface area (Å²) < 4.78 is 6.94. The van der Waals surface area contributed by atoms with Crippen molar-refractivity contribution in [1.29, 1.82) is 0 Å². The van der Waals surface area contributed by atoms with Gasteiger partial charge in [-0.25, -0.2) is 0 Å². The van der Waals surface area contributed by atoms with Crippen molar-refractivity contribution in [2.75, 3.05) is 37.0 Å². The zero-order valence-electron chi connectivity index (χ0n) is 12.5. The molecule has 0 saturated carbocycles. The number of nitrogens with zero attached hydrogens (tertiary/aromatic N) is 3. The van der Waals surface area contributed by atoms with E-state index in [1.165, 1.54) is 17.0 Å². The van der Waals surface area contributed by atoms with E-state index in [4.69, 9.17) is 10.5 Å². The van der Waals surface area contributed by atoms with Crippen LogP contribution in [0.1, 0.15) is 11.8 Å². The highest BCUT2D eigenvalue weighted by Crippen LogP contribution is 2.29. The summed E-state index contributed by atoms with van der Waals surface area (Å²) in [7, 11) is 4.07. The number of benzene rings is 1. The summed E-state index contributed by atoms with van der Waals surface area (Å²) in [5.74, 6) is 0.841. The van der Waals surface area contributed by atoms with Crippen molar-refractivity contribution in [3.63, 3.8) is 0 Å². The molecular formula is C14H19N5OS2. The van der Waals surface area contributed by atoms with Crippen molar-refractivity contribution in [2.45, 2.75) is 16.7 Å². The molecule has 1 saturated heterocycles. The first-order valence-electron chi connectivity index (χ1n) is 7.00. The number of rotatable bonds is 5. The maximum Gasteiger partial charge on any atom is 0.203 e. The highest BCUT2D eigenvalue weighted by molar-refractivity contribution is 8.01. The van der Waals surface area contributed by atoms with Gasteiger partial charge < -0.3 is 15.4 Å². The van der Waals surface area contributed by atoms with Crippen LogP contribution < -0.4 is 16.0 Å². The summed E-state index contributed by atoms with van der Waals surface area (Å²) in [5, 5.41) is 11.7. The third kappa shape index (κ3) is 3.70. The van der Waals surface area contributed by atoms with Crippen molar-refractivity contribution in [3.05, 3.63) is 29.8 Å². The Bertz CT molecular complexity index is 616. The molecule has 118 valence electrons. The first kappa shape index (κ1) is 15.5. The fraction of sp³-hybridized carbons (Fsp3) is 0.429. The molecule has 6 nitrogen and oxygen atoms in total. The van der Waals surface area contributed by atoms with Gasteiger partial charge >= 0.3 is 0 Å². The van der Waals surface area contributed by atoms with Gasteiger partial charge in [-0.3, -0.25) is 5.32 Å². The molecule has 1 aliphatic rings. The minimum atomic E-state index is -0.0405. The summed E-state index contributed by atoms with van der Waals surface area (Å²) in [4.78, 5) is 2.08. The minimum absolute atomic E-state index is 0.0405. The molecule has 1 aromatic heterocycles. The normalized spacial score (nSPS) is 21.2. The average molecular weight is 337 g/mol. The Morgan fingerprint density at radius 3 is 2.77 bits per heavy atom. The summed E-state index contributed by atoms with van der Waals surface area (Å²) in [5.41, 5.74) is 7.91. The number of nitrogens with one attached hydrogen (secondary N) is 1. The molecule has 0 radical (unpaired) electrons. The summed E-state index contributed by atoms with van der Waals surface area (Å²) in [6.07, 6.45) is 0.120. The van der Waals surface area contributed by atoms with Crippen LogP contribution in [0.15, 0.2) is 28.6 Å². The highest BCUT2D eigenvalue weighted by Gasteiger charge is 2.26. The van der Waals surface area contributed by atoms with E-state index in [9.17, 15) is 0 Å². The van der Waals surface area contributed by atoms with E-state index < -0.39 is 0 Å². The maximum atomic E-state index is 6.06. The van der Waals surface area contributed by atoms with Gasteiger partial charge in [0.15, 0.2) is 4.34 Å². The molecule has 0 bridgehead atoms. The monoisotopic (exact) mass is 337 g/mol. The van der Waals surface area contributed by atoms with Crippen molar-refractivity contribution in [2.24, 2.45) is 0 Å². The minimum Gasteiger partial charge on any atom is -0.378 e. The lowest BCUT2D eigenvalue weighted by Gasteiger charge is -2.16. The second kappa shape index (κ2) is 6.82. The maximum absolute atomic E-state index is 6.06. The number of nitrogens with two attached hydrogens (primary N) is 1. The topological polar surface area (TPSA) is 76.3 Å². The third-order valence-electron chi connectivity index (χ3n) is 3.39. The van der Waals surface area contributed by atoms with Crippen LogP contribution in [0.25, 0.3) is 0 Å². The molecule has 1 aromatic carbocycles. The molecule has 1 aliphatic heterocycles. The quantitative estimate of drug-likeness (QED) is 0.808. The van der Waals surface area contributed by atoms with E-state index in [0.29, 0.717) is 5.13 Å². The first-order chi connectivity index (χ1) is 10.6. The van der Waals surface area contributed by atoms with E-state index in [1.54, 1.807) is 11.8 Å².